The van der Waals surface area contributed by atoms with Crippen LogP contribution in [0.3, 0.4) is 0 Å². The predicted molar refractivity (Wildman–Crippen MR) is 59.2 cm³/mol. The Morgan fingerprint density at radius 2 is 2.00 bits per heavy atom. The number of carboxylic acids is 1. The van der Waals surface area contributed by atoms with Crippen LogP contribution in [-0.2, 0) is 4.79 Å². The first-order valence-electron chi connectivity index (χ1n) is 5.45. The predicted octanol–water partition coefficient (Wildman–Crippen LogP) is 0.263. The van der Waals surface area contributed by atoms with E-state index in [1.54, 1.807) is 13.8 Å². The summed E-state index contributed by atoms with van der Waals surface area (Å²) in [6, 6.07) is -1.25. The first-order chi connectivity index (χ1) is 7.56. The van der Waals surface area contributed by atoms with Crippen LogP contribution in [0.4, 0.5) is 4.79 Å². The molecule has 0 unspecified atom stereocenters. The Morgan fingerprint density at radius 1 is 1.38 bits per heavy atom. The lowest BCUT2D eigenvalue weighted by atomic mass is 10.2. The number of rotatable bonds is 7. The molecular weight excluding hydrogens is 212 g/mol. The number of aliphatic hydroxyl groups excluding tert-OH is 1. The Hall–Kier alpha value is -1.30. The highest BCUT2D eigenvalue weighted by atomic mass is 16.4. The fraction of sp³-hybridized carbons (Fsp3) is 0.800. The summed E-state index contributed by atoms with van der Waals surface area (Å²) >= 11 is 0. The average Bonchev–Trinajstić information content (AvgIpc) is 2.26. The molecular formula is C10H20N2O4. The Bertz CT molecular complexity index is 233. The monoisotopic (exact) mass is 232 g/mol. The summed E-state index contributed by atoms with van der Waals surface area (Å²) in [7, 11) is 0. The number of nitrogens with zero attached hydrogens (tertiary/aromatic N) is 1. The van der Waals surface area contributed by atoms with Gasteiger partial charge in [0.15, 0.2) is 0 Å². The van der Waals surface area contributed by atoms with Crippen LogP contribution in [0.15, 0.2) is 0 Å². The highest BCUT2D eigenvalue weighted by Gasteiger charge is 2.20. The van der Waals surface area contributed by atoms with Gasteiger partial charge in [0, 0.05) is 19.7 Å². The number of hydrogen-bond donors (Lipinski definition) is 3. The van der Waals surface area contributed by atoms with Gasteiger partial charge in [0.25, 0.3) is 0 Å². The molecule has 3 N–H and O–H groups in total. The third-order valence-electron chi connectivity index (χ3n) is 2.26. The molecule has 0 aliphatic heterocycles. The van der Waals surface area contributed by atoms with Crippen molar-refractivity contribution in [3.63, 3.8) is 0 Å². The third-order valence-corrected chi connectivity index (χ3v) is 2.26. The van der Waals surface area contributed by atoms with Crippen molar-refractivity contribution in [3.8, 4) is 0 Å². The number of aliphatic carboxylic acids is 1. The van der Waals surface area contributed by atoms with Gasteiger partial charge in [-0.1, -0.05) is 6.92 Å². The van der Waals surface area contributed by atoms with E-state index in [1.165, 1.54) is 4.90 Å². The molecule has 0 rings (SSSR count). The maximum atomic E-state index is 11.6. The molecule has 0 bridgehead atoms. The molecule has 0 aromatic carbocycles. The molecule has 16 heavy (non-hydrogen) atoms. The Labute approximate surface area is 95.2 Å². The molecule has 6 heteroatoms. The van der Waals surface area contributed by atoms with Crippen molar-refractivity contribution in [2.45, 2.75) is 32.7 Å². The van der Waals surface area contributed by atoms with Gasteiger partial charge in [0.05, 0.1) is 0 Å². The lowest BCUT2D eigenvalue weighted by Crippen LogP contribution is -2.48. The van der Waals surface area contributed by atoms with E-state index in [0.29, 0.717) is 25.9 Å². The number of hydrogen-bond acceptors (Lipinski definition) is 3. The minimum Gasteiger partial charge on any atom is -0.480 e. The van der Waals surface area contributed by atoms with E-state index in [9.17, 15) is 9.59 Å². The second-order valence-electron chi connectivity index (χ2n) is 3.41. The fourth-order valence-corrected chi connectivity index (χ4v) is 1.24. The first kappa shape index (κ1) is 14.7. The number of amides is 2. The van der Waals surface area contributed by atoms with E-state index in [-0.39, 0.29) is 6.61 Å². The number of carbonyl (C=O) groups excluding carboxylic acids is 1. The van der Waals surface area contributed by atoms with Gasteiger partial charge < -0.3 is 20.4 Å². The van der Waals surface area contributed by atoms with Crippen LogP contribution < -0.4 is 5.32 Å². The summed E-state index contributed by atoms with van der Waals surface area (Å²) in [5.41, 5.74) is 0. The molecule has 0 aliphatic carbocycles. The van der Waals surface area contributed by atoms with E-state index >= 15 is 0 Å². The van der Waals surface area contributed by atoms with Crippen LogP contribution in [0, 0.1) is 0 Å². The SMILES string of the molecule is CC[C@H](NC(=O)N(CC)CCCO)C(=O)O. The summed E-state index contributed by atoms with van der Waals surface area (Å²) in [6.07, 6.45) is 0.837. The minimum absolute atomic E-state index is 0.0138. The van der Waals surface area contributed by atoms with Gasteiger partial charge in [-0.05, 0) is 19.8 Å². The lowest BCUT2D eigenvalue weighted by Gasteiger charge is -2.23. The summed E-state index contributed by atoms with van der Waals surface area (Å²) in [4.78, 5) is 23.8. The molecule has 0 aliphatic rings. The molecule has 0 aromatic heterocycles. The first-order valence-corrected chi connectivity index (χ1v) is 5.45. The maximum Gasteiger partial charge on any atom is 0.326 e. The number of urea groups is 1. The van der Waals surface area contributed by atoms with Crippen LogP contribution >= 0.6 is 0 Å². The Morgan fingerprint density at radius 3 is 2.38 bits per heavy atom. The molecule has 2 amide bonds. The zero-order valence-electron chi connectivity index (χ0n) is 9.77. The van der Waals surface area contributed by atoms with Gasteiger partial charge in [-0.2, -0.15) is 0 Å². The quantitative estimate of drug-likeness (QED) is 0.587. The van der Waals surface area contributed by atoms with E-state index in [2.05, 4.69) is 5.32 Å². The van der Waals surface area contributed by atoms with Crippen molar-refractivity contribution in [1.29, 1.82) is 0 Å². The Kier molecular flexibility index (Phi) is 7.28. The number of nitrogens with one attached hydrogen (secondary N) is 1. The van der Waals surface area contributed by atoms with Gasteiger partial charge in [-0.3, -0.25) is 0 Å². The molecule has 0 spiro atoms. The molecule has 0 heterocycles. The second-order valence-corrected chi connectivity index (χ2v) is 3.41. The number of carbonyl (C=O) groups is 2. The van der Waals surface area contributed by atoms with E-state index in [4.69, 9.17) is 10.2 Å². The molecule has 0 aromatic rings. The Balaban J connectivity index is 4.23. The number of carboxylic acid groups (broad SMARTS) is 1. The van der Waals surface area contributed by atoms with Crippen molar-refractivity contribution < 1.29 is 19.8 Å². The van der Waals surface area contributed by atoms with E-state index in [0.717, 1.165) is 0 Å². The van der Waals surface area contributed by atoms with Crippen molar-refractivity contribution >= 4 is 12.0 Å². The molecule has 1 atom stereocenters. The summed E-state index contributed by atoms with van der Waals surface area (Å²) in [6.45, 7) is 4.43. The summed E-state index contributed by atoms with van der Waals surface area (Å²) < 4.78 is 0. The fourth-order valence-electron chi connectivity index (χ4n) is 1.24. The average molecular weight is 232 g/mol. The zero-order valence-corrected chi connectivity index (χ0v) is 9.77. The second kappa shape index (κ2) is 7.92. The topological polar surface area (TPSA) is 89.9 Å². The summed E-state index contributed by atoms with van der Waals surface area (Å²) in [5, 5.41) is 19.9. The minimum atomic E-state index is -1.03. The number of aliphatic hydroxyl groups is 1. The van der Waals surface area contributed by atoms with Crippen LogP contribution in [0.25, 0.3) is 0 Å². The highest BCUT2D eigenvalue weighted by molar-refractivity contribution is 5.82. The van der Waals surface area contributed by atoms with Crippen LogP contribution in [0.5, 0.6) is 0 Å². The van der Waals surface area contributed by atoms with E-state index in [1.807, 2.05) is 0 Å². The van der Waals surface area contributed by atoms with Gasteiger partial charge in [-0.25, -0.2) is 9.59 Å². The highest BCUT2D eigenvalue weighted by Crippen LogP contribution is 1.96. The van der Waals surface area contributed by atoms with Crippen LogP contribution in [-0.4, -0.2) is 52.9 Å². The van der Waals surface area contributed by atoms with Crippen molar-refractivity contribution in [1.82, 2.24) is 10.2 Å². The van der Waals surface area contributed by atoms with Crippen molar-refractivity contribution in [2.24, 2.45) is 0 Å². The van der Waals surface area contributed by atoms with Crippen molar-refractivity contribution in [3.05, 3.63) is 0 Å². The van der Waals surface area contributed by atoms with E-state index < -0.39 is 18.0 Å². The molecule has 0 fully saturated rings. The molecule has 6 nitrogen and oxygen atoms in total. The van der Waals surface area contributed by atoms with Crippen molar-refractivity contribution in [2.75, 3.05) is 19.7 Å². The molecule has 0 saturated heterocycles. The molecule has 0 radical (unpaired) electrons. The zero-order chi connectivity index (χ0) is 12.6. The lowest BCUT2D eigenvalue weighted by molar-refractivity contribution is -0.139. The van der Waals surface area contributed by atoms with Gasteiger partial charge in [0.1, 0.15) is 6.04 Å². The smallest absolute Gasteiger partial charge is 0.326 e. The third kappa shape index (κ3) is 4.97. The summed E-state index contributed by atoms with van der Waals surface area (Å²) in [5.74, 6) is -1.03. The molecule has 94 valence electrons. The maximum absolute atomic E-state index is 11.6. The normalized spacial score (nSPS) is 11.9. The van der Waals surface area contributed by atoms with Gasteiger partial charge in [0.2, 0.25) is 0 Å². The largest absolute Gasteiger partial charge is 0.480 e. The van der Waals surface area contributed by atoms with Crippen LogP contribution in [0.2, 0.25) is 0 Å². The van der Waals surface area contributed by atoms with Gasteiger partial charge >= 0.3 is 12.0 Å². The molecule has 0 saturated carbocycles. The van der Waals surface area contributed by atoms with Crippen LogP contribution in [0.1, 0.15) is 26.7 Å². The van der Waals surface area contributed by atoms with Gasteiger partial charge in [-0.15, -0.1) is 0 Å². The standard InChI is InChI=1S/C10H20N2O4/c1-3-8(9(14)15)11-10(16)12(4-2)6-5-7-13/h8,13H,3-7H2,1-2H3,(H,11,16)(H,14,15)/t8-/m0/s1.